The Balaban J connectivity index is 2.03. The lowest BCUT2D eigenvalue weighted by atomic mass is 9.70. The van der Waals surface area contributed by atoms with E-state index in [9.17, 15) is 14.0 Å². The lowest BCUT2D eigenvalue weighted by molar-refractivity contribution is -0.144. The van der Waals surface area contributed by atoms with E-state index in [4.69, 9.17) is 4.74 Å². The van der Waals surface area contributed by atoms with Crippen LogP contribution in [0.1, 0.15) is 50.9 Å². The van der Waals surface area contributed by atoms with E-state index in [1.54, 1.807) is 0 Å². The highest BCUT2D eigenvalue weighted by Gasteiger charge is 2.33. The lowest BCUT2D eigenvalue weighted by Crippen LogP contribution is -2.37. The number of esters is 1. The fraction of sp³-hybridized carbons (Fsp3) is 0.545. The Bertz CT molecular complexity index is 681. The summed E-state index contributed by atoms with van der Waals surface area (Å²) in [6, 6.07) is 5.55. The van der Waals surface area contributed by atoms with Crippen LogP contribution in [-0.2, 0) is 9.53 Å². The van der Waals surface area contributed by atoms with E-state index >= 15 is 0 Å². The highest BCUT2D eigenvalue weighted by Crippen LogP contribution is 2.38. The zero-order chi connectivity index (χ0) is 20.0. The zero-order valence-electron chi connectivity index (χ0n) is 16.6. The minimum Gasteiger partial charge on any atom is -0.466 e. The number of hydrogen-bond donors (Lipinski definition) is 1. The van der Waals surface area contributed by atoms with Gasteiger partial charge in [-0.3, -0.25) is 9.59 Å². The lowest BCUT2D eigenvalue weighted by Gasteiger charge is -2.37. The predicted octanol–water partition coefficient (Wildman–Crippen LogP) is 4.36. The summed E-state index contributed by atoms with van der Waals surface area (Å²) < 4.78 is 18.1. The summed E-state index contributed by atoms with van der Waals surface area (Å²) in [5, 5.41) is 2.97. The van der Waals surface area contributed by atoms with Gasteiger partial charge in [-0.05, 0) is 68.2 Å². The number of benzene rings is 1. The molecule has 2 rings (SSSR count). The molecule has 1 aliphatic rings. The number of carbonyl (C=O) groups is 2. The molecule has 0 saturated carbocycles. The van der Waals surface area contributed by atoms with Crippen molar-refractivity contribution >= 4 is 11.9 Å². The second-order valence-corrected chi connectivity index (χ2v) is 7.64. The Morgan fingerprint density at radius 1 is 1.26 bits per heavy atom. The first kappa shape index (κ1) is 21.1. The van der Waals surface area contributed by atoms with Crippen LogP contribution in [0.5, 0.6) is 0 Å². The van der Waals surface area contributed by atoms with Crippen LogP contribution in [0.3, 0.4) is 0 Å². The van der Waals surface area contributed by atoms with Gasteiger partial charge in [0.1, 0.15) is 5.82 Å². The molecular weight excluding hydrogens is 345 g/mol. The van der Waals surface area contributed by atoms with Gasteiger partial charge in [0.15, 0.2) is 0 Å². The third-order valence-corrected chi connectivity index (χ3v) is 5.41. The van der Waals surface area contributed by atoms with Gasteiger partial charge in [0.25, 0.3) is 5.91 Å². The molecule has 1 aliphatic carbocycles. The van der Waals surface area contributed by atoms with E-state index in [2.05, 4.69) is 32.2 Å². The Labute approximate surface area is 161 Å². The summed E-state index contributed by atoms with van der Waals surface area (Å²) in [6.45, 7) is 9.15. The maximum atomic E-state index is 13.0. The van der Waals surface area contributed by atoms with E-state index in [0.717, 1.165) is 6.42 Å². The van der Waals surface area contributed by atoms with Crippen molar-refractivity contribution in [3.05, 3.63) is 47.3 Å². The van der Waals surface area contributed by atoms with Crippen LogP contribution in [0.2, 0.25) is 0 Å². The van der Waals surface area contributed by atoms with Gasteiger partial charge >= 0.3 is 5.97 Å². The maximum Gasteiger partial charge on any atom is 0.306 e. The Morgan fingerprint density at radius 2 is 1.93 bits per heavy atom. The largest absolute Gasteiger partial charge is 0.466 e. The van der Waals surface area contributed by atoms with Crippen molar-refractivity contribution in [2.45, 2.75) is 40.5 Å². The molecule has 0 bridgehead atoms. The van der Waals surface area contributed by atoms with Crippen LogP contribution in [0.25, 0.3) is 0 Å². The van der Waals surface area contributed by atoms with Crippen molar-refractivity contribution in [1.29, 1.82) is 0 Å². The predicted molar refractivity (Wildman–Crippen MR) is 104 cm³/mol. The maximum absolute atomic E-state index is 13.0. The van der Waals surface area contributed by atoms with Gasteiger partial charge in [-0.15, -0.1) is 0 Å². The van der Waals surface area contributed by atoms with Crippen molar-refractivity contribution in [2.24, 2.45) is 23.7 Å². The number of rotatable bonds is 7. The number of nitrogens with one attached hydrogen (secondary N) is 1. The highest BCUT2D eigenvalue weighted by atomic mass is 19.1. The molecule has 4 nitrogen and oxygen atoms in total. The number of hydrogen-bond acceptors (Lipinski definition) is 3. The summed E-state index contributed by atoms with van der Waals surface area (Å²) in [7, 11) is 0. The Hall–Kier alpha value is -2.17. The summed E-state index contributed by atoms with van der Waals surface area (Å²) in [5.41, 5.74) is 1.63. The number of ether oxygens (including phenoxy) is 1. The zero-order valence-corrected chi connectivity index (χ0v) is 16.6. The van der Waals surface area contributed by atoms with Crippen molar-refractivity contribution in [2.75, 3.05) is 13.2 Å². The van der Waals surface area contributed by atoms with Crippen LogP contribution >= 0.6 is 0 Å². The average Bonchev–Trinajstić information content (AvgIpc) is 2.62. The first-order chi connectivity index (χ1) is 12.8. The van der Waals surface area contributed by atoms with E-state index in [-0.39, 0.29) is 29.5 Å². The van der Waals surface area contributed by atoms with Gasteiger partial charge in [0, 0.05) is 12.1 Å². The first-order valence-electron chi connectivity index (χ1n) is 9.69. The second-order valence-electron chi connectivity index (χ2n) is 7.64. The van der Waals surface area contributed by atoms with E-state index in [0.29, 0.717) is 37.0 Å². The first-order valence-corrected chi connectivity index (χ1v) is 9.69. The summed E-state index contributed by atoms with van der Waals surface area (Å²) >= 11 is 0. The second kappa shape index (κ2) is 9.67. The molecule has 1 N–H and O–H groups in total. The number of halogens is 1. The van der Waals surface area contributed by atoms with E-state index in [1.807, 2.05) is 6.92 Å². The molecular formula is C22H30FNO3. The molecule has 5 heteroatoms. The van der Waals surface area contributed by atoms with Crippen LogP contribution in [-0.4, -0.2) is 25.0 Å². The minimum absolute atomic E-state index is 0.152. The average molecular weight is 375 g/mol. The van der Waals surface area contributed by atoms with E-state index in [1.165, 1.54) is 29.8 Å². The molecule has 0 saturated heterocycles. The molecule has 0 aliphatic heterocycles. The fourth-order valence-electron chi connectivity index (χ4n) is 3.84. The third-order valence-electron chi connectivity index (χ3n) is 5.41. The quantitative estimate of drug-likeness (QED) is 0.569. The molecule has 1 amide bonds. The SMILES string of the molecule is CCOC(=O)C[C@@H]1C[C@@H](C(C)C)[C@H](CNC(=O)c2ccc(F)cc2)C=C1C. The molecule has 0 aromatic heterocycles. The van der Waals surface area contributed by atoms with Gasteiger partial charge in [0.2, 0.25) is 0 Å². The van der Waals surface area contributed by atoms with Gasteiger partial charge in [-0.1, -0.05) is 25.5 Å². The topological polar surface area (TPSA) is 55.4 Å². The standard InChI is InChI=1S/C22H30FNO3/c1-5-27-21(25)12-17-11-20(14(2)3)18(10-15(17)4)13-24-22(26)16-6-8-19(23)9-7-16/h6-10,14,17-18,20H,5,11-13H2,1-4H3,(H,24,26)/t17-,18-,20-/m0/s1. The van der Waals surface area contributed by atoms with Crippen molar-refractivity contribution < 1.29 is 18.7 Å². The van der Waals surface area contributed by atoms with Crippen LogP contribution < -0.4 is 5.32 Å². The van der Waals surface area contributed by atoms with Crippen molar-refractivity contribution in [1.82, 2.24) is 5.32 Å². The number of amides is 1. The van der Waals surface area contributed by atoms with E-state index < -0.39 is 0 Å². The van der Waals surface area contributed by atoms with Crippen LogP contribution in [0.15, 0.2) is 35.9 Å². The molecule has 0 unspecified atom stereocenters. The molecule has 3 atom stereocenters. The van der Waals surface area contributed by atoms with Crippen LogP contribution in [0.4, 0.5) is 4.39 Å². The van der Waals surface area contributed by atoms with Gasteiger partial charge < -0.3 is 10.1 Å². The fourth-order valence-corrected chi connectivity index (χ4v) is 3.84. The van der Waals surface area contributed by atoms with Crippen molar-refractivity contribution in [3.63, 3.8) is 0 Å². The third kappa shape index (κ3) is 5.91. The Kier molecular flexibility index (Phi) is 7.57. The molecule has 148 valence electrons. The molecule has 1 aromatic rings. The van der Waals surface area contributed by atoms with Gasteiger partial charge in [-0.25, -0.2) is 4.39 Å². The van der Waals surface area contributed by atoms with Crippen LogP contribution in [0, 0.1) is 29.5 Å². The number of allylic oxidation sites excluding steroid dienone is 1. The highest BCUT2D eigenvalue weighted by molar-refractivity contribution is 5.94. The molecule has 1 aromatic carbocycles. The normalized spacial score (nSPS) is 22.3. The number of carbonyl (C=O) groups excluding carboxylic acids is 2. The minimum atomic E-state index is -0.357. The molecule has 0 heterocycles. The summed E-state index contributed by atoms with van der Waals surface area (Å²) in [4.78, 5) is 24.2. The molecule has 0 radical (unpaired) electrons. The Morgan fingerprint density at radius 3 is 2.52 bits per heavy atom. The summed E-state index contributed by atoms with van der Waals surface area (Å²) in [5.74, 6) is 0.518. The van der Waals surface area contributed by atoms with Crippen molar-refractivity contribution in [3.8, 4) is 0 Å². The summed E-state index contributed by atoms with van der Waals surface area (Å²) in [6.07, 6.45) is 3.52. The van der Waals surface area contributed by atoms with Gasteiger partial charge in [0.05, 0.1) is 13.0 Å². The molecule has 0 spiro atoms. The monoisotopic (exact) mass is 375 g/mol. The van der Waals surface area contributed by atoms with Gasteiger partial charge in [-0.2, -0.15) is 0 Å². The molecule has 27 heavy (non-hydrogen) atoms. The smallest absolute Gasteiger partial charge is 0.306 e. The molecule has 0 fully saturated rings.